The van der Waals surface area contributed by atoms with E-state index in [9.17, 15) is 24.0 Å². The van der Waals surface area contributed by atoms with Crippen molar-refractivity contribution in [3.63, 3.8) is 0 Å². The standard InChI is InChI=1S/C37H54N8O9/c1-21-10-12-26(52-4)32-31(21)37-14-17-44(3)22(2)24(37)11-13-27(33(37)54-32)53-36(51)45-16-6-5-8-23(45)19-42-34(50)25(9-7-15-40-35(38)39)43-29(47)20-41-28(46)18-30(48)49/h10,12-13,22-25,33H,5-9,11,14-20H2,1-4H3,(H,41,46)(H,42,50)(H,43,47)(H,48,49)(H4,38,39,40). The fourth-order valence-electron chi connectivity index (χ4n) is 8.51. The van der Waals surface area contributed by atoms with Crippen LogP contribution in [0.4, 0.5) is 4.79 Å². The van der Waals surface area contributed by atoms with E-state index in [-0.39, 0.29) is 43.5 Å². The number of hydrogen-bond donors (Lipinski definition) is 6. The average molecular weight is 755 g/mol. The van der Waals surface area contributed by atoms with Crippen molar-refractivity contribution < 1.29 is 43.3 Å². The lowest BCUT2D eigenvalue weighted by Crippen LogP contribution is -2.60. The second-order valence-electron chi connectivity index (χ2n) is 14.6. The lowest BCUT2D eigenvalue weighted by molar-refractivity contribution is -0.141. The summed E-state index contributed by atoms with van der Waals surface area (Å²) in [6, 6.07) is 2.86. The maximum absolute atomic E-state index is 14.1. The number of rotatable bonds is 14. The van der Waals surface area contributed by atoms with Gasteiger partial charge in [-0.3, -0.25) is 24.2 Å². The van der Waals surface area contributed by atoms with Crippen LogP contribution in [0.5, 0.6) is 11.5 Å². The van der Waals surface area contributed by atoms with Crippen LogP contribution in [0.2, 0.25) is 0 Å². The quantitative estimate of drug-likeness (QED) is 0.0671. The third-order valence-electron chi connectivity index (χ3n) is 11.3. The third kappa shape index (κ3) is 8.66. The number of ether oxygens (including phenoxy) is 3. The molecule has 17 heteroatoms. The number of piperidine rings is 2. The molecule has 4 aliphatic rings. The predicted molar refractivity (Wildman–Crippen MR) is 198 cm³/mol. The minimum atomic E-state index is -1.33. The number of carbonyl (C=O) groups excluding carboxylic acids is 4. The Morgan fingerprint density at radius 2 is 1.91 bits per heavy atom. The van der Waals surface area contributed by atoms with Crippen molar-refractivity contribution in [1.82, 2.24) is 25.8 Å². The fraction of sp³-hybridized carbons (Fsp3) is 0.622. The molecule has 0 radical (unpaired) electrons. The molecular formula is C37H54N8O9. The van der Waals surface area contributed by atoms with Gasteiger partial charge in [0.1, 0.15) is 18.2 Å². The number of carboxylic acid groups (broad SMARTS) is 1. The SMILES string of the molecule is COc1ccc(C)c2c1OC1C(OC(=O)N3CCCCC3CNC(=O)C(CCCN=C(N)N)NC(=O)CNC(=O)CC(=O)O)=CCC3C(C)N(C)CCC213. The molecule has 54 heavy (non-hydrogen) atoms. The largest absolute Gasteiger partial charge is 0.493 e. The number of carboxylic acids is 1. The summed E-state index contributed by atoms with van der Waals surface area (Å²) in [4.78, 5) is 70.6. The number of amides is 4. The Morgan fingerprint density at radius 3 is 2.63 bits per heavy atom. The van der Waals surface area contributed by atoms with E-state index in [4.69, 9.17) is 30.8 Å². The Kier molecular flexibility index (Phi) is 12.9. The molecule has 1 spiro atoms. The van der Waals surface area contributed by atoms with E-state index in [1.54, 1.807) is 12.0 Å². The van der Waals surface area contributed by atoms with E-state index in [1.807, 2.05) is 12.1 Å². The molecule has 6 unspecified atom stereocenters. The Morgan fingerprint density at radius 1 is 1.13 bits per heavy atom. The smallest absolute Gasteiger partial charge is 0.415 e. The summed E-state index contributed by atoms with van der Waals surface area (Å²) in [6.07, 6.45) is 4.49. The van der Waals surface area contributed by atoms with E-state index in [0.29, 0.717) is 43.1 Å². The molecule has 1 aromatic carbocycles. The molecule has 0 saturated carbocycles. The number of aliphatic imine (C=N–C) groups is 1. The molecule has 0 bridgehead atoms. The number of carbonyl (C=O) groups is 5. The molecule has 8 N–H and O–H groups in total. The molecule has 1 aromatic rings. The highest BCUT2D eigenvalue weighted by Gasteiger charge is 2.62. The molecule has 2 saturated heterocycles. The number of nitrogens with one attached hydrogen (secondary N) is 3. The zero-order valence-electron chi connectivity index (χ0n) is 31.5. The van der Waals surface area contributed by atoms with Gasteiger partial charge in [0.15, 0.2) is 23.6 Å². The number of fused-ring (bicyclic) bond motifs is 1. The first-order valence-corrected chi connectivity index (χ1v) is 18.6. The van der Waals surface area contributed by atoms with E-state index < -0.39 is 60.3 Å². The first-order chi connectivity index (χ1) is 25.8. The molecule has 2 fully saturated rings. The summed E-state index contributed by atoms with van der Waals surface area (Å²) in [5.41, 5.74) is 12.7. The number of aryl methyl sites for hydroxylation is 1. The summed E-state index contributed by atoms with van der Waals surface area (Å²) >= 11 is 0. The number of nitrogens with two attached hydrogens (primary N) is 2. The monoisotopic (exact) mass is 754 g/mol. The van der Waals surface area contributed by atoms with Crippen LogP contribution < -0.4 is 36.9 Å². The minimum Gasteiger partial charge on any atom is -0.493 e. The highest BCUT2D eigenvalue weighted by atomic mass is 16.6. The fourth-order valence-corrected chi connectivity index (χ4v) is 8.51. The maximum Gasteiger partial charge on any atom is 0.415 e. The van der Waals surface area contributed by atoms with Crippen LogP contribution in [0.1, 0.15) is 69.4 Å². The summed E-state index contributed by atoms with van der Waals surface area (Å²) in [5, 5.41) is 16.5. The molecule has 17 nitrogen and oxygen atoms in total. The first-order valence-electron chi connectivity index (χ1n) is 18.6. The Balaban J connectivity index is 1.27. The van der Waals surface area contributed by atoms with Crippen molar-refractivity contribution in [1.29, 1.82) is 0 Å². The van der Waals surface area contributed by atoms with E-state index in [2.05, 4.69) is 52.8 Å². The Hall–Kier alpha value is -5.06. The summed E-state index contributed by atoms with van der Waals surface area (Å²) < 4.78 is 18.8. The van der Waals surface area contributed by atoms with Crippen LogP contribution >= 0.6 is 0 Å². The third-order valence-corrected chi connectivity index (χ3v) is 11.3. The summed E-state index contributed by atoms with van der Waals surface area (Å²) in [7, 11) is 3.77. The lowest BCUT2D eigenvalue weighted by atomic mass is 9.57. The minimum absolute atomic E-state index is 0.107. The van der Waals surface area contributed by atoms with Crippen LogP contribution in [0.15, 0.2) is 29.0 Å². The highest BCUT2D eigenvalue weighted by Crippen LogP contribution is 2.61. The normalized spacial score (nSPS) is 25.0. The number of benzene rings is 1. The van der Waals surface area contributed by atoms with Crippen LogP contribution in [0.3, 0.4) is 0 Å². The van der Waals surface area contributed by atoms with Crippen LogP contribution in [0, 0.1) is 12.8 Å². The molecule has 4 amide bonds. The first kappa shape index (κ1) is 40.1. The van der Waals surface area contributed by atoms with Crippen molar-refractivity contribution in [2.45, 2.75) is 94.9 Å². The van der Waals surface area contributed by atoms with Gasteiger partial charge in [-0.2, -0.15) is 0 Å². The van der Waals surface area contributed by atoms with Gasteiger partial charge < -0.3 is 56.5 Å². The zero-order valence-corrected chi connectivity index (χ0v) is 31.5. The van der Waals surface area contributed by atoms with Crippen molar-refractivity contribution in [2.24, 2.45) is 22.4 Å². The van der Waals surface area contributed by atoms with Gasteiger partial charge in [0, 0.05) is 36.7 Å². The van der Waals surface area contributed by atoms with E-state index in [1.165, 1.54) is 0 Å². The van der Waals surface area contributed by atoms with Gasteiger partial charge in [-0.05, 0) is 96.0 Å². The van der Waals surface area contributed by atoms with Crippen molar-refractivity contribution >= 4 is 35.7 Å². The topological polar surface area (TPSA) is 240 Å². The van der Waals surface area contributed by atoms with Crippen molar-refractivity contribution in [3.8, 4) is 11.5 Å². The van der Waals surface area contributed by atoms with Gasteiger partial charge in [0.25, 0.3) is 0 Å². The Labute approximate surface area is 315 Å². The molecular weight excluding hydrogens is 700 g/mol. The Bertz CT molecular complexity index is 1660. The van der Waals surface area contributed by atoms with Crippen molar-refractivity contribution in [3.05, 3.63) is 35.1 Å². The summed E-state index contributed by atoms with van der Waals surface area (Å²) in [5.74, 6) is -1.39. The number of nitrogens with zero attached hydrogens (tertiary/aromatic N) is 3. The molecule has 5 rings (SSSR count). The molecule has 3 aliphatic heterocycles. The van der Waals surface area contributed by atoms with Gasteiger partial charge in [0.2, 0.25) is 17.7 Å². The number of likely N-dealkylation sites (tertiary alicyclic amines) is 2. The molecule has 6 atom stereocenters. The van der Waals surface area contributed by atoms with E-state index >= 15 is 0 Å². The van der Waals surface area contributed by atoms with Crippen LogP contribution in [0.25, 0.3) is 0 Å². The number of guanidine groups is 1. The number of hydrogen-bond acceptors (Lipinski definition) is 10. The van der Waals surface area contributed by atoms with Gasteiger partial charge >= 0.3 is 12.1 Å². The zero-order chi connectivity index (χ0) is 39.2. The van der Waals surface area contributed by atoms with Gasteiger partial charge in [0.05, 0.1) is 19.7 Å². The van der Waals surface area contributed by atoms with Gasteiger partial charge in [-0.25, -0.2) is 4.79 Å². The second-order valence-corrected chi connectivity index (χ2v) is 14.6. The average Bonchev–Trinajstić information content (AvgIpc) is 3.49. The number of aliphatic carboxylic acids is 1. The predicted octanol–water partition coefficient (Wildman–Crippen LogP) is 0.867. The molecule has 3 heterocycles. The van der Waals surface area contributed by atoms with Gasteiger partial charge in [-0.1, -0.05) is 6.07 Å². The lowest BCUT2D eigenvalue weighted by Gasteiger charge is -2.53. The second kappa shape index (κ2) is 17.4. The maximum atomic E-state index is 14.1. The number of methoxy groups -OCH3 is 1. The summed E-state index contributed by atoms with van der Waals surface area (Å²) in [6.45, 7) is 5.45. The van der Waals surface area contributed by atoms with Gasteiger partial charge in [-0.15, -0.1) is 0 Å². The highest BCUT2D eigenvalue weighted by molar-refractivity contribution is 5.95. The molecule has 296 valence electrons. The molecule has 0 aromatic heterocycles. The van der Waals surface area contributed by atoms with Crippen LogP contribution in [-0.4, -0.2) is 122 Å². The number of allylic oxidation sites excluding steroid dienone is 1. The van der Waals surface area contributed by atoms with E-state index in [0.717, 1.165) is 36.9 Å². The van der Waals surface area contributed by atoms with Crippen LogP contribution in [-0.2, 0) is 29.3 Å². The van der Waals surface area contributed by atoms with Crippen molar-refractivity contribution in [2.75, 3.05) is 46.9 Å². The molecule has 1 aliphatic carbocycles.